The molecule has 1 aromatic heterocycles. The Morgan fingerprint density at radius 2 is 2.09 bits per heavy atom. The van der Waals surface area contributed by atoms with Gasteiger partial charge in [-0.25, -0.2) is 4.98 Å². The second-order valence-corrected chi connectivity index (χ2v) is 6.63. The van der Waals surface area contributed by atoms with Crippen molar-refractivity contribution in [2.75, 3.05) is 0 Å². The van der Waals surface area contributed by atoms with Gasteiger partial charge in [-0.3, -0.25) is 9.59 Å². The summed E-state index contributed by atoms with van der Waals surface area (Å²) < 4.78 is 0. The number of aromatic nitrogens is 1. The first-order valence-electron chi connectivity index (χ1n) is 6.51. The van der Waals surface area contributed by atoms with E-state index in [-0.39, 0.29) is 18.6 Å². The number of nitrogens with zero attached hydrogens (tertiary/aromatic N) is 1. The summed E-state index contributed by atoms with van der Waals surface area (Å²) in [5.41, 5.74) is 1.38. The van der Waals surface area contributed by atoms with Crippen molar-refractivity contribution in [2.24, 2.45) is 5.92 Å². The lowest BCUT2D eigenvalue weighted by atomic mass is 10.0. The molecule has 0 fully saturated rings. The Balaban J connectivity index is 2.08. The molecule has 1 N–H and O–H groups in total. The summed E-state index contributed by atoms with van der Waals surface area (Å²) in [5.74, 6) is -1.80. The Morgan fingerprint density at radius 1 is 1.36 bits per heavy atom. The second-order valence-electron chi connectivity index (χ2n) is 4.93. The molecule has 0 amide bonds. The van der Waals surface area contributed by atoms with Crippen molar-refractivity contribution >= 4 is 46.3 Å². The largest absolute Gasteiger partial charge is 0.481 e. The van der Waals surface area contributed by atoms with E-state index in [1.54, 1.807) is 23.6 Å². The standard InChI is InChI=1S/C15H13Cl2NO3S/c1-8(15(20)21)4-11(19)6-10-7-22-14(18-10)12-3-2-9(16)5-13(12)17/h2-3,5,7-8H,4,6H2,1H3,(H,20,21)/t8-/m0/s1. The number of carboxylic acid groups (broad SMARTS) is 1. The van der Waals surface area contributed by atoms with Gasteiger partial charge >= 0.3 is 5.97 Å². The maximum absolute atomic E-state index is 11.8. The molecule has 4 nitrogen and oxygen atoms in total. The molecule has 7 heteroatoms. The fourth-order valence-corrected chi connectivity index (χ4v) is 3.29. The molecule has 0 unspecified atom stereocenters. The van der Waals surface area contributed by atoms with Crippen molar-refractivity contribution in [3.8, 4) is 10.6 Å². The Bertz CT molecular complexity index is 715. The summed E-state index contributed by atoms with van der Waals surface area (Å²) in [4.78, 5) is 27.0. The molecule has 116 valence electrons. The molecule has 0 saturated carbocycles. The summed E-state index contributed by atoms with van der Waals surface area (Å²) in [5, 5.41) is 12.3. The van der Waals surface area contributed by atoms with Crippen molar-refractivity contribution in [3.63, 3.8) is 0 Å². The van der Waals surface area contributed by atoms with Gasteiger partial charge in [0.2, 0.25) is 0 Å². The van der Waals surface area contributed by atoms with Gasteiger partial charge < -0.3 is 5.11 Å². The molecular formula is C15H13Cl2NO3S. The van der Waals surface area contributed by atoms with Gasteiger partial charge in [-0.05, 0) is 18.2 Å². The SMILES string of the molecule is C[C@@H](CC(=O)Cc1csc(-c2ccc(Cl)cc2Cl)n1)C(=O)O. The quantitative estimate of drug-likeness (QED) is 0.834. The van der Waals surface area contributed by atoms with Crippen molar-refractivity contribution in [3.05, 3.63) is 39.3 Å². The van der Waals surface area contributed by atoms with E-state index in [4.69, 9.17) is 28.3 Å². The van der Waals surface area contributed by atoms with Crippen LogP contribution in [-0.2, 0) is 16.0 Å². The van der Waals surface area contributed by atoms with E-state index in [0.29, 0.717) is 20.7 Å². The van der Waals surface area contributed by atoms with Crippen LogP contribution >= 0.6 is 34.5 Å². The minimum absolute atomic E-state index is 0.00386. The van der Waals surface area contributed by atoms with Crippen LogP contribution in [0, 0.1) is 5.92 Å². The molecule has 22 heavy (non-hydrogen) atoms. The zero-order valence-electron chi connectivity index (χ0n) is 11.7. The molecule has 1 atom stereocenters. The van der Waals surface area contributed by atoms with Crippen LogP contribution in [0.15, 0.2) is 23.6 Å². The van der Waals surface area contributed by atoms with Crippen LogP contribution in [0.4, 0.5) is 0 Å². The number of carbonyl (C=O) groups excluding carboxylic acids is 1. The molecule has 0 aliphatic carbocycles. The first kappa shape index (κ1) is 16.9. The average Bonchev–Trinajstić information content (AvgIpc) is 2.86. The number of thiazole rings is 1. The van der Waals surface area contributed by atoms with Gasteiger partial charge in [-0.15, -0.1) is 11.3 Å². The number of benzene rings is 1. The highest BCUT2D eigenvalue weighted by molar-refractivity contribution is 7.13. The molecule has 1 heterocycles. The Labute approximate surface area is 141 Å². The molecular weight excluding hydrogens is 345 g/mol. The Hall–Kier alpha value is -1.43. The van der Waals surface area contributed by atoms with Crippen LogP contribution in [0.5, 0.6) is 0 Å². The number of ketones is 1. The predicted octanol–water partition coefficient (Wildman–Crippen LogP) is 4.34. The molecule has 0 aliphatic heterocycles. The number of hydrogen-bond donors (Lipinski definition) is 1. The third kappa shape index (κ3) is 4.29. The van der Waals surface area contributed by atoms with Crippen molar-refractivity contribution in [1.82, 2.24) is 4.98 Å². The van der Waals surface area contributed by atoms with Gasteiger partial charge in [0.1, 0.15) is 10.8 Å². The van der Waals surface area contributed by atoms with E-state index in [1.807, 2.05) is 0 Å². The molecule has 1 aromatic carbocycles. The predicted molar refractivity (Wildman–Crippen MR) is 87.7 cm³/mol. The highest BCUT2D eigenvalue weighted by atomic mass is 35.5. The smallest absolute Gasteiger partial charge is 0.306 e. The maximum atomic E-state index is 11.8. The van der Waals surface area contributed by atoms with E-state index < -0.39 is 11.9 Å². The molecule has 0 aliphatic rings. The normalized spacial score (nSPS) is 12.1. The summed E-state index contributed by atoms with van der Waals surface area (Å²) in [6.45, 7) is 1.51. The van der Waals surface area contributed by atoms with Crippen LogP contribution in [0.3, 0.4) is 0 Å². The highest BCUT2D eigenvalue weighted by Crippen LogP contribution is 2.32. The van der Waals surface area contributed by atoms with Crippen LogP contribution in [0.2, 0.25) is 10.0 Å². The van der Waals surface area contributed by atoms with Crippen LogP contribution in [0.25, 0.3) is 10.6 Å². The number of carboxylic acids is 1. The minimum Gasteiger partial charge on any atom is -0.481 e. The number of Topliss-reactive ketones (excluding diaryl/α,β-unsaturated/α-hetero) is 1. The molecule has 0 spiro atoms. The van der Waals surface area contributed by atoms with Crippen LogP contribution in [0.1, 0.15) is 19.0 Å². The zero-order chi connectivity index (χ0) is 16.3. The van der Waals surface area contributed by atoms with E-state index in [2.05, 4.69) is 4.98 Å². The third-order valence-corrected chi connectivity index (χ3v) is 4.52. The Kier molecular flexibility index (Phi) is 5.56. The van der Waals surface area contributed by atoms with Gasteiger partial charge in [0.15, 0.2) is 0 Å². The molecule has 0 saturated heterocycles. The lowest BCUT2D eigenvalue weighted by molar-refractivity contribution is -0.143. The summed E-state index contributed by atoms with van der Waals surface area (Å²) in [7, 11) is 0. The van der Waals surface area contributed by atoms with Crippen molar-refractivity contribution < 1.29 is 14.7 Å². The summed E-state index contributed by atoms with van der Waals surface area (Å²) in [6, 6.07) is 5.14. The second kappa shape index (κ2) is 7.22. The van der Waals surface area contributed by atoms with Crippen LogP contribution < -0.4 is 0 Å². The molecule has 2 aromatic rings. The molecule has 0 bridgehead atoms. The van der Waals surface area contributed by atoms with E-state index in [1.165, 1.54) is 18.3 Å². The minimum atomic E-state index is -0.972. The number of halogens is 2. The fourth-order valence-electron chi connectivity index (χ4n) is 1.88. The zero-order valence-corrected chi connectivity index (χ0v) is 14.0. The number of rotatable bonds is 6. The highest BCUT2D eigenvalue weighted by Gasteiger charge is 2.17. The maximum Gasteiger partial charge on any atom is 0.306 e. The average molecular weight is 358 g/mol. The van der Waals surface area contributed by atoms with Crippen molar-refractivity contribution in [2.45, 2.75) is 19.8 Å². The van der Waals surface area contributed by atoms with Gasteiger partial charge in [0, 0.05) is 28.8 Å². The van der Waals surface area contributed by atoms with E-state index in [9.17, 15) is 9.59 Å². The lowest BCUT2D eigenvalue weighted by Gasteiger charge is -2.03. The fraction of sp³-hybridized carbons (Fsp3) is 0.267. The van der Waals surface area contributed by atoms with E-state index in [0.717, 1.165) is 5.56 Å². The topological polar surface area (TPSA) is 67.3 Å². The molecule has 0 radical (unpaired) electrons. The van der Waals surface area contributed by atoms with Gasteiger partial charge in [-0.2, -0.15) is 0 Å². The number of hydrogen-bond acceptors (Lipinski definition) is 4. The van der Waals surface area contributed by atoms with Gasteiger partial charge in [0.25, 0.3) is 0 Å². The van der Waals surface area contributed by atoms with Gasteiger partial charge in [-0.1, -0.05) is 30.1 Å². The number of carbonyl (C=O) groups is 2. The summed E-state index contributed by atoms with van der Waals surface area (Å²) in [6.07, 6.45) is 0.128. The first-order valence-corrected chi connectivity index (χ1v) is 8.14. The monoisotopic (exact) mass is 357 g/mol. The Morgan fingerprint density at radius 3 is 2.73 bits per heavy atom. The number of aliphatic carboxylic acids is 1. The third-order valence-electron chi connectivity index (χ3n) is 3.05. The lowest BCUT2D eigenvalue weighted by Crippen LogP contribution is -2.16. The van der Waals surface area contributed by atoms with Crippen LogP contribution in [-0.4, -0.2) is 21.8 Å². The van der Waals surface area contributed by atoms with Crippen molar-refractivity contribution in [1.29, 1.82) is 0 Å². The van der Waals surface area contributed by atoms with E-state index >= 15 is 0 Å². The summed E-state index contributed by atoms with van der Waals surface area (Å²) >= 11 is 13.4. The molecule has 2 rings (SSSR count). The van der Waals surface area contributed by atoms with Gasteiger partial charge in [0.05, 0.1) is 16.6 Å². The first-order chi connectivity index (χ1) is 10.4.